The summed E-state index contributed by atoms with van der Waals surface area (Å²) in [6.45, 7) is 0.112. The fourth-order valence-corrected chi connectivity index (χ4v) is 3.56. The van der Waals surface area contributed by atoms with E-state index in [2.05, 4.69) is 5.32 Å². The van der Waals surface area contributed by atoms with Gasteiger partial charge in [0.05, 0.1) is 18.5 Å². The molecule has 0 spiro atoms. The van der Waals surface area contributed by atoms with E-state index < -0.39 is 12.1 Å². The molecule has 1 heterocycles. The number of fused-ring (bicyclic) bond motifs is 1. The maximum atomic E-state index is 13.3. The maximum Gasteiger partial charge on any atom is 0.408 e. The average molecular weight is 423 g/mol. The Morgan fingerprint density at radius 2 is 1.87 bits per heavy atom. The quantitative estimate of drug-likeness (QED) is 0.628. The van der Waals surface area contributed by atoms with Crippen LogP contribution in [0.3, 0.4) is 0 Å². The SMILES string of the molecule is COc1ccc2c(c1)N(c1cccc(Cl)c1)C(=O)C2NC(=O)OCc1ccccc1. The zero-order chi connectivity index (χ0) is 21.1. The highest BCUT2D eigenvalue weighted by Gasteiger charge is 2.39. The third kappa shape index (κ3) is 3.95. The lowest BCUT2D eigenvalue weighted by Gasteiger charge is -2.19. The Bertz CT molecular complexity index is 1090. The van der Waals surface area contributed by atoms with Crippen molar-refractivity contribution in [3.63, 3.8) is 0 Å². The summed E-state index contributed by atoms with van der Waals surface area (Å²) in [5.74, 6) is 0.290. The van der Waals surface area contributed by atoms with E-state index in [1.54, 1.807) is 49.6 Å². The lowest BCUT2D eigenvalue weighted by molar-refractivity contribution is -0.119. The van der Waals surface area contributed by atoms with Crippen LogP contribution in [0.5, 0.6) is 5.75 Å². The van der Waals surface area contributed by atoms with Gasteiger partial charge >= 0.3 is 6.09 Å². The summed E-state index contributed by atoms with van der Waals surface area (Å²) in [6.07, 6.45) is -0.674. The van der Waals surface area contributed by atoms with Gasteiger partial charge in [0.2, 0.25) is 0 Å². The van der Waals surface area contributed by atoms with Crippen LogP contribution in [0.2, 0.25) is 5.02 Å². The number of alkyl carbamates (subject to hydrolysis) is 1. The number of anilines is 2. The van der Waals surface area contributed by atoms with Crippen LogP contribution in [-0.2, 0) is 16.1 Å². The van der Waals surface area contributed by atoms with Crippen LogP contribution >= 0.6 is 11.6 Å². The number of nitrogens with one attached hydrogen (secondary N) is 1. The van der Waals surface area contributed by atoms with Crippen LogP contribution in [0.4, 0.5) is 16.2 Å². The Kier molecular flexibility index (Phi) is 5.59. The normalized spacial score (nSPS) is 14.9. The Labute approximate surface area is 179 Å². The molecule has 4 rings (SSSR count). The fourth-order valence-electron chi connectivity index (χ4n) is 3.37. The lowest BCUT2D eigenvalue weighted by Crippen LogP contribution is -2.36. The number of hydrogen-bond acceptors (Lipinski definition) is 4. The molecule has 0 saturated carbocycles. The first kappa shape index (κ1) is 19.8. The van der Waals surface area contributed by atoms with Crippen molar-refractivity contribution in [1.82, 2.24) is 5.32 Å². The molecule has 2 amide bonds. The van der Waals surface area contributed by atoms with Crippen molar-refractivity contribution >= 4 is 35.0 Å². The van der Waals surface area contributed by atoms with Gasteiger partial charge < -0.3 is 14.8 Å². The summed E-state index contributed by atoms with van der Waals surface area (Å²) in [6, 6.07) is 20.7. The molecule has 152 valence electrons. The first-order valence-electron chi connectivity index (χ1n) is 9.31. The Balaban J connectivity index is 1.59. The average Bonchev–Trinajstić information content (AvgIpc) is 3.03. The molecule has 7 heteroatoms. The van der Waals surface area contributed by atoms with Crippen LogP contribution in [0.1, 0.15) is 17.2 Å². The van der Waals surface area contributed by atoms with Crippen LogP contribution in [0.15, 0.2) is 72.8 Å². The highest BCUT2D eigenvalue weighted by atomic mass is 35.5. The summed E-state index contributed by atoms with van der Waals surface area (Å²) in [7, 11) is 1.55. The molecule has 1 aliphatic rings. The number of methoxy groups -OCH3 is 1. The largest absolute Gasteiger partial charge is 0.497 e. The number of amides is 2. The number of rotatable bonds is 5. The van der Waals surface area contributed by atoms with E-state index in [1.165, 1.54) is 4.90 Å². The Morgan fingerprint density at radius 1 is 1.07 bits per heavy atom. The fraction of sp³-hybridized carbons (Fsp3) is 0.130. The Hall–Kier alpha value is -3.51. The number of carbonyl (C=O) groups is 2. The molecule has 1 aliphatic heterocycles. The Morgan fingerprint density at radius 3 is 2.60 bits per heavy atom. The van der Waals surface area contributed by atoms with Gasteiger partial charge in [-0.15, -0.1) is 0 Å². The number of ether oxygens (including phenoxy) is 2. The van der Waals surface area contributed by atoms with Crippen molar-refractivity contribution < 1.29 is 19.1 Å². The van der Waals surface area contributed by atoms with Gasteiger partial charge in [-0.25, -0.2) is 4.79 Å². The van der Waals surface area contributed by atoms with Crippen molar-refractivity contribution in [2.75, 3.05) is 12.0 Å². The van der Waals surface area contributed by atoms with E-state index in [0.29, 0.717) is 27.7 Å². The molecule has 3 aromatic rings. The number of nitrogens with zero attached hydrogens (tertiary/aromatic N) is 1. The van der Waals surface area contributed by atoms with E-state index in [4.69, 9.17) is 21.1 Å². The minimum absolute atomic E-state index is 0.112. The molecule has 0 aliphatic carbocycles. The minimum atomic E-state index is -0.881. The van der Waals surface area contributed by atoms with Gasteiger partial charge in [0.25, 0.3) is 5.91 Å². The van der Waals surface area contributed by atoms with E-state index in [9.17, 15) is 9.59 Å². The van der Waals surface area contributed by atoms with Crippen LogP contribution in [0.25, 0.3) is 0 Å². The molecular formula is C23H19ClN2O4. The third-order valence-corrected chi connectivity index (χ3v) is 5.03. The number of halogens is 1. The number of benzene rings is 3. The van der Waals surface area contributed by atoms with Crippen LogP contribution in [0, 0.1) is 0 Å². The molecule has 1 N–H and O–H groups in total. The van der Waals surface area contributed by atoms with Crippen molar-refractivity contribution in [3.8, 4) is 5.75 Å². The molecule has 1 unspecified atom stereocenters. The van der Waals surface area contributed by atoms with Gasteiger partial charge in [0.1, 0.15) is 18.4 Å². The van der Waals surface area contributed by atoms with E-state index in [-0.39, 0.29) is 12.5 Å². The molecule has 0 bridgehead atoms. The van der Waals surface area contributed by atoms with E-state index >= 15 is 0 Å². The molecular weight excluding hydrogens is 404 g/mol. The molecule has 30 heavy (non-hydrogen) atoms. The van der Waals surface area contributed by atoms with E-state index in [0.717, 1.165) is 5.56 Å². The monoisotopic (exact) mass is 422 g/mol. The summed E-state index contributed by atoms with van der Waals surface area (Å²) in [5, 5.41) is 3.18. The van der Waals surface area contributed by atoms with Crippen LogP contribution < -0.4 is 15.0 Å². The molecule has 0 fully saturated rings. The van der Waals surface area contributed by atoms with Crippen molar-refractivity contribution in [2.24, 2.45) is 0 Å². The van der Waals surface area contributed by atoms with Crippen molar-refractivity contribution in [2.45, 2.75) is 12.6 Å². The number of hydrogen-bond donors (Lipinski definition) is 1. The van der Waals surface area contributed by atoms with Gasteiger partial charge in [-0.1, -0.05) is 54.1 Å². The second-order valence-corrected chi connectivity index (χ2v) is 7.15. The zero-order valence-electron chi connectivity index (χ0n) is 16.2. The molecule has 0 aromatic heterocycles. The van der Waals surface area contributed by atoms with E-state index in [1.807, 2.05) is 30.3 Å². The first-order valence-corrected chi connectivity index (χ1v) is 9.69. The molecule has 3 aromatic carbocycles. The smallest absolute Gasteiger partial charge is 0.408 e. The number of carbonyl (C=O) groups excluding carboxylic acids is 2. The topological polar surface area (TPSA) is 67.9 Å². The van der Waals surface area contributed by atoms with Crippen molar-refractivity contribution in [3.05, 3.63) is 88.9 Å². The standard InChI is InChI=1S/C23H19ClN2O4/c1-29-18-10-11-19-20(13-18)26(17-9-5-8-16(24)12-17)22(27)21(19)25-23(28)30-14-15-6-3-2-4-7-15/h2-13,21H,14H2,1H3,(H,25,28). The summed E-state index contributed by atoms with van der Waals surface area (Å²) in [5.41, 5.74) is 2.73. The predicted octanol–water partition coefficient (Wildman–Crippen LogP) is 4.99. The van der Waals surface area contributed by atoms with Gasteiger partial charge in [-0.3, -0.25) is 9.69 Å². The molecule has 1 atom stereocenters. The molecule has 0 saturated heterocycles. The summed E-state index contributed by atoms with van der Waals surface area (Å²) in [4.78, 5) is 27.2. The van der Waals surface area contributed by atoms with Gasteiger partial charge in [-0.2, -0.15) is 0 Å². The highest BCUT2D eigenvalue weighted by Crippen LogP contribution is 2.43. The van der Waals surface area contributed by atoms with Gasteiger partial charge in [0, 0.05) is 16.7 Å². The minimum Gasteiger partial charge on any atom is -0.497 e. The first-order chi connectivity index (χ1) is 14.6. The predicted molar refractivity (Wildman–Crippen MR) is 114 cm³/mol. The van der Waals surface area contributed by atoms with Gasteiger partial charge in [0.15, 0.2) is 0 Å². The van der Waals surface area contributed by atoms with Crippen LogP contribution in [-0.4, -0.2) is 19.1 Å². The second-order valence-electron chi connectivity index (χ2n) is 6.72. The summed E-state index contributed by atoms with van der Waals surface area (Å²) >= 11 is 6.12. The molecule has 0 radical (unpaired) electrons. The highest BCUT2D eigenvalue weighted by molar-refractivity contribution is 6.31. The maximum absolute atomic E-state index is 13.3. The molecule has 6 nitrogen and oxygen atoms in total. The third-order valence-electron chi connectivity index (χ3n) is 4.80. The van der Waals surface area contributed by atoms with Gasteiger partial charge in [-0.05, 0) is 29.8 Å². The van der Waals surface area contributed by atoms with Crippen molar-refractivity contribution in [1.29, 1.82) is 0 Å². The zero-order valence-corrected chi connectivity index (χ0v) is 16.9. The summed E-state index contributed by atoms with van der Waals surface area (Å²) < 4.78 is 10.6. The second kappa shape index (κ2) is 8.47. The lowest BCUT2D eigenvalue weighted by atomic mass is 10.1.